The molecule has 0 saturated carbocycles. The third-order valence-corrected chi connectivity index (χ3v) is 4.06. The number of aromatic amines is 1. The summed E-state index contributed by atoms with van der Waals surface area (Å²) < 4.78 is 5.42. The lowest BCUT2D eigenvalue weighted by molar-refractivity contribution is 0.582. The number of imidazole rings is 1. The molecule has 1 N–H and O–H groups in total. The summed E-state index contributed by atoms with van der Waals surface area (Å²) in [5, 5.41) is 0. The number of hydrogen-bond acceptors (Lipinski definition) is 3. The zero-order valence-electron chi connectivity index (χ0n) is 12.9. The number of fused-ring (bicyclic) bond motifs is 1. The fraction of sp³-hybridized carbons (Fsp3) is 0.158. The van der Waals surface area contributed by atoms with E-state index in [1.165, 1.54) is 5.56 Å². The van der Waals surface area contributed by atoms with Crippen LogP contribution in [0.15, 0.2) is 65.4 Å². The van der Waals surface area contributed by atoms with Gasteiger partial charge in [0, 0.05) is 18.2 Å². The average Bonchev–Trinajstić information content (AvgIpc) is 3.24. The maximum Gasteiger partial charge on any atom is 0.177 e. The Morgan fingerprint density at radius 3 is 2.78 bits per heavy atom. The highest BCUT2D eigenvalue weighted by Gasteiger charge is 2.11. The fourth-order valence-corrected chi connectivity index (χ4v) is 2.81. The van der Waals surface area contributed by atoms with Crippen LogP contribution in [0.5, 0.6) is 0 Å². The van der Waals surface area contributed by atoms with Crippen molar-refractivity contribution in [3.8, 4) is 11.3 Å². The number of benzene rings is 1. The van der Waals surface area contributed by atoms with E-state index < -0.39 is 0 Å². The number of hydrogen-bond donors (Lipinski definition) is 1. The summed E-state index contributed by atoms with van der Waals surface area (Å²) in [4.78, 5) is 12.4. The third kappa shape index (κ3) is 2.75. The summed E-state index contributed by atoms with van der Waals surface area (Å²) in [5.41, 5.74) is 3.95. The molecule has 0 amide bonds. The molecular weight excluding hydrogens is 286 g/mol. The summed E-state index contributed by atoms with van der Waals surface area (Å²) in [6.45, 7) is 2.21. The number of H-pyrrole nitrogens is 1. The number of nitrogens with zero attached hydrogens (tertiary/aromatic N) is 2. The van der Waals surface area contributed by atoms with Gasteiger partial charge in [-0.2, -0.15) is 0 Å². The van der Waals surface area contributed by atoms with Gasteiger partial charge in [-0.3, -0.25) is 0 Å². The van der Waals surface area contributed by atoms with Crippen molar-refractivity contribution in [2.75, 3.05) is 0 Å². The lowest BCUT2D eigenvalue weighted by Gasteiger charge is -2.09. The van der Waals surface area contributed by atoms with Crippen LogP contribution >= 0.6 is 0 Å². The van der Waals surface area contributed by atoms with E-state index in [-0.39, 0.29) is 0 Å². The Morgan fingerprint density at radius 2 is 2.00 bits per heavy atom. The van der Waals surface area contributed by atoms with Crippen molar-refractivity contribution in [2.45, 2.75) is 19.3 Å². The van der Waals surface area contributed by atoms with Crippen molar-refractivity contribution in [2.24, 2.45) is 0 Å². The summed E-state index contributed by atoms with van der Waals surface area (Å²) in [6.07, 6.45) is 4.32. The largest absolute Gasteiger partial charge is 0.464 e. The lowest BCUT2D eigenvalue weighted by atomic mass is 9.98. The number of nitrogens with one attached hydrogen (secondary N) is 1. The van der Waals surface area contributed by atoms with E-state index in [0.717, 1.165) is 34.7 Å². The van der Waals surface area contributed by atoms with E-state index >= 15 is 0 Å². The van der Waals surface area contributed by atoms with Crippen LogP contribution in [0.2, 0.25) is 0 Å². The zero-order valence-corrected chi connectivity index (χ0v) is 12.9. The van der Waals surface area contributed by atoms with E-state index in [9.17, 15) is 0 Å². The SMILES string of the molecule is CC(Cc1nc2ncc(-c3ccco3)cc2[nH]1)c1ccccc1. The molecule has 23 heavy (non-hydrogen) atoms. The molecule has 4 aromatic rings. The van der Waals surface area contributed by atoms with Crippen LogP contribution in [0.3, 0.4) is 0 Å². The second kappa shape index (κ2) is 5.72. The van der Waals surface area contributed by atoms with Gasteiger partial charge >= 0.3 is 0 Å². The van der Waals surface area contributed by atoms with Crippen LogP contribution in [0.1, 0.15) is 24.2 Å². The maximum atomic E-state index is 5.42. The van der Waals surface area contributed by atoms with Crippen molar-refractivity contribution in [1.82, 2.24) is 15.0 Å². The highest BCUT2D eigenvalue weighted by molar-refractivity contribution is 5.76. The molecule has 0 fully saturated rings. The monoisotopic (exact) mass is 303 g/mol. The van der Waals surface area contributed by atoms with Gasteiger partial charge in [0.2, 0.25) is 0 Å². The molecular formula is C19H17N3O. The van der Waals surface area contributed by atoms with E-state index in [4.69, 9.17) is 4.42 Å². The number of pyridine rings is 1. The van der Waals surface area contributed by atoms with Gasteiger partial charge in [0.05, 0.1) is 11.8 Å². The normalized spacial score (nSPS) is 12.6. The number of aromatic nitrogens is 3. The molecule has 0 saturated heterocycles. The maximum absolute atomic E-state index is 5.42. The highest BCUT2D eigenvalue weighted by Crippen LogP contribution is 2.24. The molecule has 114 valence electrons. The number of furan rings is 1. The van der Waals surface area contributed by atoms with Gasteiger partial charge < -0.3 is 9.40 Å². The molecule has 0 spiro atoms. The molecule has 0 radical (unpaired) electrons. The van der Waals surface area contributed by atoms with Gasteiger partial charge in [0.1, 0.15) is 11.6 Å². The smallest absolute Gasteiger partial charge is 0.177 e. The van der Waals surface area contributed by atoms with E-state index in [1.54, 1.807) is 12.5 Å². The van der Waals surface area contributed by atoms with Gasteiger partial charge in [-0.1, -0.05) is 37.3 Å². The Bertz CT molecular complexity index is 910. The predicted octanol–water partition coefficient (Wildman–Crippen LogP) is 4.56. The first-order valence-electron chi connectivity index (χ1n) is 7.73. The van der Waals surface area contributed by atoms with Crippen LogP contribution in [-0.4, -0.2) is 15.0 Å². The van der Waals surface area contributed by atoms with Gasteiger partial charge in [-0.25, -0.2) is 9.97 Å². The molecule has 0 aliphatic heterocycles. The first-order valence-corrected chi connectivity index (χ1v) is 7.73. The Labute approximate surface area is 134 Å². The summed E-state index contributed by atoms with van der Waals surface area (Å²) in [6, 6.07) is 16.3. The van der Waals surface area contributed by atoms with Gasteiger partial charge in [-0.05, 0) is 29.7 Å². The highest BCUT2D eigenvalue weighted by atomic mass is 16.3. The van der Waals surface area contributed by atoms with Crippen molar-refractivity contribution in [1.29, 1.82) is 0 Å². The van der Waals surface area contributed by atoms with Gasteiger partial charge in [-0.15, -0.1) is 0 Å². The Balaban J connectivity index is 1.61. The summed E-state index contributed by atoms with van der Waals surface area (Å²) in [5.74, 6) is 2.18. The molecule has 3 heterocycles. The molecule has 1 aromatic carbocycles. The quantitative estimate of drug-likeness (QED) is 0.601. The minimum Gasteiger partial charge on any atom is -0.464 e. The molecule has 1 atom stereocenters. The van der Waals surface area contributed by atoms with Crippen LogP contribution in [0.25, 0.3) is 22.5 Å². The van der Waals surface area contributed by atoms with Crippen molar-refractivity contribution >= 4 is 11.2 Å². The van der Waals surface area contributed by atoms with Crippen LogP contribution < -0.4 is 0 Å². The molecule has 4 rings (SSSR count). The molecule has 0 aliphatic carbocycles. The lowest BCUT2D eigenvalue weighted by Crippen LogP contribution is -1.99. The Hall–Kier alpha value is -2.88. The van der Waals surface area contributed by atoms with Crippen LogP contribution in [0, 0.1) is 0 Å². The van der Waals surface area contributed by atoms with Gasteiger partial charge in [0.25, 0.3) is 0 Å². The topological polar surface area (TPSA) is 54.7 Å². The van der Waals surface area contributed by atoms with E-state index in [1.807, 2.05) is 24.3 Å². The second-order valence-electron chi connectivity index (χ2n) is 5.77. The van der Waals surface area contributed by atoms with Crippen molar-refractivity contribution < 1.29 is 4.42 Å². The van der Waals surface area contributed by atoms with Crippen LogP contribution in [0.4, 0.5) is 0 Å². The second-order valence-corrected chi connectivity index (χ2v) is 5.77. The molecule has 1 unspecified atom stereocenters. The van der Waals surface area contributed by atoms with E-state index in [0.29, 0.717) is 5.92 Å². The zero-order chi connectivity index (χ0) is 15.6. The van der Waals surface area contributed by atoms with Gasteiger partial charge in [0.15, 0.2) is 5.65 Å². The first-order chi connectivity index (χ1) is 11.3. The Morgan fingerprint density at radius 1 is 1.13 bits per heavy atom. The minimum absolute atomic E-state index is 0.404. The fourth-order valence-electron chi connectivity index (χ4n) is 2.81. The third-order valence-electron chi connectivity index (χ3n) is 4.06. The summed E-state index contributed by atoms with van der Waals surface area (Å²) >= 11 is 0. The minimum atomic E-state index is 0.404. The van der Waals surface area contributed by atoms with E-state index in [2.05, 4.69) is 46.1 Å². The Kier molecular flexibility index (Phi) is 3.42. The standard InChI is InChI=1S/C19H17N3O/c1-13(14-6-3-2-4-7-14)10-18-21-16-11-15(12-20-19(16)22-18)17-8-5-9-23-17/h2-9,11-13H,10H2,1H3,(H,20,21,22). The first kappa shape index (κ1) is 13.8. The number of rotatable bonds is 4. The molecule has 0 aliphatic rings. The molecule has 4 heteroatoms. The van der Waals surface area contributed by atoms with Crippen LogP contribution in [-0.2, 0) is 6.42 Å². The molecule has 0 bridgehead atoms. The average molecular weight is 303 g/mol. The predicted molar refractivity (Wildman–Crippen MR) is 90.2 cm³/mol. The molecule has 4 nitrogen and oxygen atoms in total. The molecule has 3 aromatic heterocycles. The van der Waals surface area contributed by atoms with Crippen molar-refractivity contribution in [3.63, 3.8) is 0 Å². The van der Waals surface area contributed by atoms with Crippen molar-refractivity contribution in [3.05, 3.63) is 72.4 Å². The summed E-state index contributed by atoms with van der Waals surface area (Å²) in [7, 11) is 0.